The first-order valence-electron chi connectivity index (χ1n) is 8.12. The third-order valence-electron chi connectivity index (χ3n) is 3.39. The first-order chi connectivity index (χ1) is 11.9. The molecule has 1 amide bonds. The van der Waals surface area contributed by atoms with E-state index in [1.54, 1.807) is 24.3 Å². The number of likely N-dealkylation sites (N-methyl/N-ethyl adjacent to an activating group) is 1. The van der Waals surface area contributed by atoms with Gasteiger partial charge < -0.3 is 10.1 Å². The number of esters is 1. The molecule has 0 fully saturated rings. The van der Waals surface area contributed by atoms with Crippen LogP contribution in [0.3, 0.4) is 0 Å². The van der Waals surface area contributed by atoms with Gasteiger partial charge in [-0.05, 0) is 33.4 Å². The maximum absolute atomic E-state index is 12.3. The number of nitrogens with zero attached hydrogens (tertiary/aromatic N) is 2. The van der Waals surface area contributed by atoms with Crippen LogP contribution in [0.5, 0.6) is 0 Å². The van der Waals surface area contributed by atoms with E-state index >= 15 is 0 Å². The second kappa shape index (κ2) is 9.07. The molecule has 0 aliphatic rings. The zero-order valence-electron chi connectivity index (χ0n) is 14.9. The number of nitrogens with one attached hydrogen (secondary N) is 1. The monoisotopic (exact) mass is 381 g/mol. The van der Waals surface area contributed by atoms with Crippen molar-refractivity contribution in [2.45, 2.75) is 33.7 Å². The predicted octanol–water partition coefficient (Wildman–Crippen LogP) is 3.32. The highest BCUT2D eigenvalue weighted by atomic mass is 32.1. The van der Waals surface area contributed by atoms with Gasteiger partial charge in [-0.2, -0.15) is 0 Å². The maximum Gasteiger partial charge on any atom is 0.341 e. The van der Waals surface area contributed by atoms with E-state index in [0.29, 0.717) is 23.7 Å². The van der Waals surface area contributed by atoms with Gasteiger partial charge in [-0.25, -0.2) is 9.78 Å². The number of hydrogen-bond acceptors (Lipinski definition) is 7. The number of ether oxygens (including phenoxy) is 1. The second-order valence-corrected chi connectivity index (χ2v) is 7.81. The predicted molar refractivity (Wildman–Crippen MR) is 101 cm³/mol. The molecule has 0 aliphatic heterocycles. The van der Waals surface area contributed by atoms with Crippen molar-refractivity contribution in [2.75, 3.05) is 25.5 Å². The van der Waals surface area contributed by atoms with Crippen LogP contribution in [-0.2, 0) is 22.5 Å². The Labute approximate surface area is 155 Å². The quantitative estimate of drug-likeness (QED) is 0.710. The van der Waals surface area contributed by atoms with Crippen LogP contribution in [-0.4, -0.2) is 42.0 Å². The summed E-state index contributed by atoms with van der Waals surface area (Å²) in [5, 5.41) is 6.41. The number of rotatable bonds is 8. The van der Waals surface area contributed by atoms with Crippen LogP contribution in [0.2, 0.25) is 0 Å². The molecule has 25 heavy (non-hydrogen) atoms. The van der Waals surface area contributed by atoms with Crippen LogP contribution >= 0.6 is 22.7 Å². The first-order valence-corrected chi connectivity index (χ1v) is 9.81. The molecule has 0 saturated carbocycles. The van der Waals surface area contributed by atoms with E-state index in [-0.39, 0.29) is 12.5 Å². The van der Waals surface area contributed by atoms with Crippen LogP contribution in [0.15, 0.2) is 11.4 Å². The molecule has 136 valence electrons. The fourth-order valence-electron chi connectivity index (χ4n) is 2.29. The lowest BCUT2D eigenvalue weighted by Gasteiger charge is -2.14. The average molecular weight is 382 g/mol. The zero-order valence-corrected chi connectivity index (χ0v) is 16.6. The molecule has 8 heteroatoms. The lowest BCUT2D eigenvalue weighted by Crippen LogP contribution is -2.30. The molecule has 0 spiro atoms. The molecule has 0 aromatic carbocycles. The van der Waals surface area contributed by atoms with E-state index in [9.17, 15) is 9.59 Å². The number of carbonyl (C=O) groups excluding carboxylic acids is 2. The van der Waals surface area contributed by atoms with Crippen molar-refractivity contribution in [1.82, 2.24) is 9.88 Å². The van der Waals surface area contributed by atoms with Crippen molar-refractivity contribution in [2.24, 2.45) is 0 Å². The lowest BCUT2D eigenvalue weighted by molar-refractivity contribution is -0.117. The van der Waals surface area contributed by atoms with Gasteiger partial charge in [0.2, 0.25) is 5.91 Å². The largest absolute Gasteiger partial charge is 0.462 e. The molecule has 2 aromatic heterocycles. The van der Waals surface area contributed by atoms with E-state index in [4.69, 9.17) is 4.74 Å². The molecule has 0 aliphatic carbocycles. The number of aryl methyl sites for hydroxylation is 2. The number of aromatic nitrogens is 1. The van der Waals surface area contributed by atoms with Crippen LogP contribution in [0.25, 0.3) is 0 Å². The van der Waals surface area contributed by atoms with Crippen molar-refractivity contribution < 1.29 is 14.3 Å². The van der Waals surface area contributed by atoms with Crippen molar-refractivity contribution in [3.05, 3.63) is 32.6 Å². The average Bonchev–Trinajstić information content (AvgIpc) is 3.13. The van der Waals surface area contributed by atoms with Crippen LogP contribution < -0.4 is 5.32 Å². The van der Waals surface area contributed by atoms with E-state index in [1.807, 2.05) is 31.2 Å². The standard InChI is InChI=1S/C17H23N3O3S2/c1-5-13-7-14(17(22)23-6-2)16(25-13)19-15(21)9-20(4)8-12-10-24-11(3)18-12/h7,10H,5-6,8-9H2,1-4H3,(H,19,21). The summed E-state index contributed by atoms with van der Waals surface area (Å²) in [7, 11) is 1.87. The Balaban J connectivity index is 1.99. The van der Waals surface area contributed by atoms with Gasteiger partial charge in [0.15, 0.2) is 0 Å². The molecule has 2 rings (SSSR count). The maximum atomic E-state index is 12.3. The number of amides is 1. The van der Waals surface area contributed by atoms with Crippen molar-refractivity contribution >= 4 is 39.6 Å². The highest BCUT2D eigenvalue weighted by molar-refractivity contribution is 7.16. The Morgan fingerprint density at radius 3 is 2.72 bits per heavy atom. The van der Waals surface area contributed by atoms with E-state index in [1.165, 1.54) is 11.3 Å². The summed E-state index contributed by atoms with van der Waals surface area (Å²) in [6.45, 7) is 6.86. The molecule has 0 saturated heterocycles. The van der Waals surface area contributed by atoms with Crippen LogP contribution in [0.4, 0.5) is 5.00 Å². The Morgan fingerprint density at radius 1 is 1.36 bits per heavy atom. The number of carbonyl (C=O) groups is 2. The number of hydrogen-bond donors (Lipinski definition) is 1. The highest BCUT2D eigenvalue weighted by Crippen LogP contribution is 2.29. The molecule has 0 bridgehead atoms. The normalized spacial score (nSPS) is 10.9. The zero-order chi connectivity index (χ0) is 18.4. The van der Waals surface area contributed by atoms with Crippen LogP contribution in [0.1, 0.15) is 39.8 Å². The second-order valence-electron chi connectivity index (χ2n) is 5.61. The highest BCUT2D eigenvalue weighted by Gasteiger charge is 2.19. The Morgan fingerprint density at radius 2 is 2.12 bits per heavy atom. The smallest absolute Gasteiger partial charge is 0.341 e. The summed E-state index contributed by atoms with van der Waals surface area (Å²) < 4.78 is 5.07. The summed E-state index contributed by atoms with van der Waals surface area (Å²) in [5.41, 5.74) is 1.38. The van der Waals surface area contributed by atoms with E-state index in [0.717, 1.165) is 22.0 Å². The van der Waals surface area contributed by atoms with E-state index in [2.05, 4.69) is 10.3 Å². The number of thiazole rings is 1. The van der Waals surface area contributed by atoms with Gasteiger partial charge in [0.1, 0.15) is 5.00 Å². The minimum Gasteiger partial charge on any atom is -0.462 e. The first kappa shape index (κ1) is 19.6. The topological polar surface area (TPSA) is 71.5 Å². The molecule has 6 nitrogen and oxygen atoms in total. The SMILES string of the molecule is CCOC(=O)c1cc(CC)sc1NC(=O)CN(C)Cc1csc(C)n1. The molecule has 0 unspecified atom stereocenters. The van der Waals surface area contributed by atoms with Gasteiger partial charge in [-0.15, -0.1) is 22.7 Å². The van der Waals surface area contributed by atoms with Gasteiger partial charge in [0, 0.05) is 16.8 Å². The summed E-state index contributed by atoms with van der Waals surface area (Å²) in [6.07, 6.45) is 0.802. The summed E-state index contributed by atoms with van der Waals surface area (Å²) in [5.74, 6) is -0.565. The lowest BCUT2D eigenvalue weighted by atomic mass is 10.2. The number of anilines is 1. The van der Waals surface area contributed by atoms with Gasteiger partial charge >= 0.3 is 5.97 Å². The Kier molecular flexibility index (Phi) is 7.10. The summed E-state index contributed by atoms with van der Waals surface area (Å²) in [4.78, 5) is 31.7. The fourth-order valence-corrected chi connectivity index (χ4v) is 3.90. The van der Waals surface area contributed by atoms with Crippen LogP contribution in [0, 0.1) is 6.92 Å². The van der Waals surface area contributed by atoms with Gasteiger partial charge in [0.25, 0.3) is 0 Å². The molecular weight excluding hydrogens is 358 g/mol. The summed E-state index contributed by atoms with van der Waals surface area (Å²) >= 11 is 3.01. The number of thiophene rings is 1. The van der Waals surface area contributed by atoms with Crippen molar-refractivity contribution in [3.63, 3.8) is 0 Å². The van der Waals surface area contributed by atoms with Crippen molar-refractivity contribution in [3.8, 4) is 0 Å². The molecule has 1 N–H and O–H groups in total. The van der Waals surface area contributed by atoms with Gasteiger partial charge in [-0.1, -0.05) is 6.92 Å². The minimum atomic E-state index is -0.403. The Bertz CT molecular complexity index is 739. The molecule has 0 atom stereocenters. The third-order valence-corrected chi connectivity index (χ3v) is 5.41. The molecule has 0 radical (unpaired) electrons. The van der Waals surface area contributed by atoms with Gasteiger partial charge in [-0.3, -0.25) is 9.69 Å². The third kappa shape index (κ3) is 5.62. The summed E-state index contributed by atoms with van der Waals surface area (Å²) in [6, 6.07) is 1.79. The minimum absolute atomic E-state index is 0.162. The molecular formula is C17H23N3O3S2. The molecule has 2 aromatic rings. The van der Waals surface area contributed by atoms with Gasteiger partial charge in [0.05, 0.1) is 29.4 Å². The Hall–Kier alpha value is -1.77. The fraction of sp³-hybridized carbons (Fsp3) is 0.471. The van der Waals surface area contributed by atoms with Crippen molar-refractivity contribution in [1.29, 1.82) is 0 Å². The molecule has 2 heterocycles. The van der Waals surface area contributed by atoms with E-state index < -0.39 is 5.97 Å².